The average molecular weight is 626 g/mol. The Morgan fingerprint density at radius 1 is 1.05 bits per heavy atom. The molecule has 1 amide bonds. The van der Waals surface area contributed by atoms with Gasteiger partial charge in [0, 0.05) is 29.8 Å². The van der Waals surface area contributed by atoms with Gasteiger partial charge in [-0.2, -0.15) is 0 Å². The Kier molecular flexibility index (Phi) is 9.91. The van der Waals surface area contributed by atoms with Crippen LogP contribution in [-0.4, -0.2) is 72.2 Å². The van der Waals surface area contributed by atoms with Crippen molar-refractivity contribution in [2.45, 2.75) is 44.2 Å². The molecule has 1 aliphatic carbocycles. The second-order valence-electron chi connectivity index (χ2n) is 10.7. The normalized spacial score (nSPS) is 18.6. The highest BCUT2D eigenvalue weighted by atomic mass is 35.5. The van der Waals surface area contributed by atoms with E-state index in [2.05, 4.69) is 20.6 Å². The molecule has 13 heteroatoms. The fraction of sp³-hybridized carbons (Fsp3) is 0.387. The second-order valence-corrected chi connectivity index (χ2v) is 11.1. The van der Waals surface area contributed by atoms with E-state index in [1.807, 2.05) is 0 Å². The van der Waals surface area contributed by atoms with Crippen molar-refractivity contribution >= 4 is 57.5 Å². The molecule has 1 aliphatic heterocycles. The van der Waals surface area contributed by atoms with Crippen molar-refractivity contribution in [3.05, 3.63) is 59.7 Å². The minimum absolute atomic E-state index is 0.0377. The number of carbonyl (C=O) groups is 3. The van der Waals surface area contributed by atoms with Gasteiger partial charge in [0.1, 0.15) is 35.8 Å². The zero-order valence-corrected chi connectivity index (χ0v) is 25.1. The van der Waals surface area contributed by atoms with Crippen LogP contribution in [0.4, 0.5) is 21.6 Å². The monoisotopic (exact) mass is 625 g/mol. The van der Waals surface area contributed by atoms with Crippen LogP contribution < -0.4 is 15.4 Å². The number of anilines is 3. The predicted octanol–water partition coefficient (Wildman–Crippen LogP) is 5.02. The van der Waals surface area contributed by atoms with E-state index in [4.69, 9.17) is 25.8 Å². The summed E-state index contributed by atoms with van der Waals surface area (Å²) < 4.78 is 29.7. The van der Waals surface area contributed by atoms with E-state index in [1.54, 1.807) is 23.1 Å². The summed E-state index contributed by atoms with van der Waals surface area (Å²) in [4.78, 5) is 48.4. The zero-order chi connectivity index (χ0) is 31.2. The molecule has 0 bridgehead atoms. The number of nitrogens with zero attached hydrogens (tertiary/aromatic N) is 3. The molecule has 0 spiro atoms. The zero-order valence-electron chi connectivity index (χ0n) is 24.3. The number of nitrogens with one attached hydrogen (secondary N) is 2. The Hall–Kier alpha value is -4.29. The lowest BCUT2D eigenvalue weighted by Crippen LogP contribution is -2.54. The Bertz CT molecular complexity index is 1560. The lowest BCUT2D eigenvalue weighted by atomic mass is 9.95. The van der Waals surface area contributed by atoms with Crippen molar-refractivity contribution in [1.29, 1.82) is 0 Å². The molecular formula is C31H33ClFN5O6. The molecule has 3 aromatic rings. The summed E-state index contributed by atoms with van der Waals surface area (Å²) in [6.07, 6.45) is 8.23. The van der Waals surface area contributed by atoms with Crippen LogP contribution in [0.2, 0.25) is 5.02 Å². The summed E-state index contributed by atoms with van der Waals surface area (Å²) in [7, 11) is 2.61. The number of fused-ring (bicyclic) bond motifs is 1. The highest BCUT2D eigenvalue weighted by Gasteiger charge is 2.39. The van der Waals surface area contributed by atoms with Crippen molar-refractivity contribution in [2.75, 3.05) is 38.0 Å². The molecule has 2 N–H and O–H groups in total. The summed E-state index contributed by atoms with van der Waals surface area (Å²) >= 11 is 5.95. The number of hydrogen-bond donors (Lipinski definition) is 2. The molecular weight excluding hydrogens is 593 g/mol. The van der Waals surface area contributed by atoms with Crippen LogP contribution in [0.3, 0.4) is 0 Å². The van der Waals surface area contributed by atoms with Gasteiger partial charge in [-0.15, -0.1) is 0 Å². The molecule has 232 valence electrons. The number of halogens is 2. The van der Waals surface area contributed by atoms with E-state index in [9.17, 15) is 18.8 Å². The Balaban J connectivity index is 1.38. The van der Waals surface area contributed by atoms with Crippen molar-refractivity contribution in [2.24, 2.45) is 5.92 Å². The standard InChI is InChI=1S/C31H33ClFN5O6/c1-42-30(40)25-5-3-6-26(31(41)43-2)38(25)12-4-7-28(39)37-24-14-20-23(15-27(24)44-16-18-8-9-18)34-17-35-29(20)36-19-10-11-22(33)21(32)13-19/h4,7,10-11,13-15,17-18,25-26H,3,5-6,8-9,12,16H2,1-2H3,(H,37,39)(H,34,35,36)/t25-,26-/m0/s1. The molecule has 2 aromatic carbocycles. The van der Waals surface area contributed by atoms with Crippen molar-refractivity contribution in [3.8, 4) is 5.75 Å². The first-order valence-corrected chi connectivity index (χ1v) is 14.7. The van der Waals surface area contributed by atoms with Gasteiger partial charge >= 0.3 is 11.9 Å². The van der Waals surface area contributed by atoms with Gasteiger partial charge in [0.15, 0.2) is 0 Å². The molecule has 44 heavy (non-hydrogen) atoms. The number of rotatable bonds is 11. The van der Waals surface area contributed by atoms with Gasteiger partial charge in [-0.3, -0.25) is 19.3 Å². The molecule has 2 heterocycles. The summed E-state index contributed by atoms with van der Waals surface area (Å²) in [5.74, 6) is -0.534. The van der Waals surface area contributed by atoms with Crippen LogP contribution >= 0.6 is 11.6 Å². The highest BCUT2D eigenvalue weighted by Crippen LogP contribution is 2.36. The third-order valence-corrected chi connectivity index (χ3v) is 7.93. The first kappa shape index (κ1) is 31.1. The maximum absolute atomic E-state index is 13.7. The summed E-state index contributed by atoms with van der Waals surface area (Å²) in [6, 6.07) is 6.42. The van der Waals surface area contributed by atoms with Gasteiger partial charge in [0.2, 0.25) is 5.91 Å². The maximum atomic E-state index is 13.7. The summed E-state index contributed by atoms with van der Waals surface area (Å²) in [5, 5.41) is 6.55. The number of ether oxygens (including phenoxy) is 3. The SMILES string of the molecule is COC(=O)[C@@H]1CCC[C@@H](C(=O)OC)N1CC=CC(=O)Nc1cc2c(Nc3ccc(F)c(Cl)c3)ncnc2cc1OCC1CC1. The third kappa shape index (κ3) is 7.43. The minimum atomic E-state index is -0.629. The fourth-order valence-corrected chi connectivity index (χ4v) is 5.33. The molecule has 5 rings (SSSR count). The second kappa shape index (κ2) is 14.0. The smallest absolute Gasteiger partial charge is 0.323 e. The molecule has 2 atom stereocenters. The average Bonchev–Trinajstić information content (AvgIpc) is 3.86. The molecule has 11 nitrogen and oxygen atoms in total. The van der Waals surface area contributed by atoms with Crippen LogP contribution in [0.25, 0.3) is 10.9 Å². The molecule has 0 radical (unpaired) electrons. The van der Waals surface area contributed by atoms with E-state index >= 15 is 0 Å². The maximum Gasteiger partial charge on any atom is 0.323 e. The van der Waals surface area contributed by atoms with E-state index in [-0.39, 0.29) is 11.6 Å². The number of aromatic nitrogens is 2. The predicted molar refractivity (Wildman–Crippen MR) is 162 cm³/mol. The number of methoxy groups -OCH3 is 2. The van der Waals surface area contributed by atoms with Crippen LogP contribution in [0.5, 0.6) is 5.75 Å². The molecule has 2 fully saturated rings. The van der Waals surface area contributed by atoms with Gasteiger partial charge in [-0.1, -0.05) is 17.7 Å². The minimum Gasteiger partial charge on any atom is -0.491 e. The first-order chi connectivity index (χ1) is 21.3. The number of benzene rings is 2. The van der Waals surface area contributed by atoms with Gasteiger partial charge in [-0.25, -0.2) is 14.4 Å². The molecule has 1 saturated carbocycles. The van der Waals surface area contributed by atoms with Gasteiger partial charge in [0.05, 0.1) is 37.1 Å². The Morgan fingerprint density at radius 2 is 1.77 bits per heavy atom. The van der Waals surface area contributed by atoms with E-state index < -0.39 is 35.7 Å². The number of hydrogen-bond acceptors (Lipinski definition) is 10. The Labute approximate surface area is 258 Å². The van der Waals surface area contributed by atoms with Crippen LogP contribution in [-0.2, 0) is 23.9 Å². The van der Waals surface area contributed by atoms with Crippen LogP contribution in [0.15, 0.2) is 48.8 Å². The van der Waals surface area contributed by atoms with E-state index in [0.29, 0.717) is 65.6 Å². The van der Waals surface area contributed by atoms with Crippen LogP contribution in [0.1, 0.15) is 32.1 Å². The first-order valence-electron chi connectivity index (χ1n) is 14.3. The molecule has 1 aromatic heterocycles. The van der Waals surface area contributed by atoms with E-state index in [0.717, 1.165) is 12.8 Å². The molecule has 0 unspecified atom stereocenters. The lowest BCUT2D eigenvalue weighted by molar-refractivity contribution is -0.157. The quantitative estimate of drug-likeness (QED) is 0.221. The summed E-state index contributed by atoms with van der Waals surface area (Å²) in [6.45, 7) is 0.658. The number of piperidine rings is 1. The third-order valence-electron chi connectivity index (χ3n) is 7.64. The number of carbonyl (C=O) groups excluding carboxylic acids is 3. The largest absolute Gasteiger partial charge is 0.491 e. The number of likely N-dealkylation sites (tertiary alicyclic amines) is 1. The Morgan fingerprint density at radius 3 is 2.43 bits per heavy atom. The molecule has 2 aliphatic rings. The van der Waals surface area contributed by atoms with Gasteiger partial charge in [0.25, 0.3) is 0 Å². The van der Waals surface area contributed by atoms with Crippen molar-refractivity contribution in [3.63, 3.8) is 0 Å². The lowest BCUT2D eigenvalue weighted by Gasteiger charge is -2.38. The van der Waals surface area contributed by atoms with Crippen molar-refractivity contribution < 1.29 is 33.0 Å². The van der Waals surface area contributed by atoms with Crippen molar-refractivity contribution in [1.82, 2.24) is 14.9 Å². The molecule has 1 saturated heterocycles. The summed E-state index contributed by atoms with van der Waals surface area (Å²) in [5.41, 5.74) is 1.50. The van der Waals surface area contributed by atoms with E-state index in [1.165, 1.54) is 44.8 Å². The topological polar surface area (TPSA) is 132 Å². The number of esters is 2. The van der Waals surface area contributed by atoms with Gasteiger partial charge in [-0.05, 0) is 62.3 Å². The fourth-order valence-electron chi connectivity index (χ4n) is 5.15. The number of amides is 1. The highest BCUT2D eigenvalue weighted by molar-refractivity contribution is 6.31. The van der Waals surface area contributed by atoms with Gasteiger partial charge < -0.3 is 24.8 Å². The van der Waals surface area contributed by atoms with Crippen LogP contribution in [0, 0.1) is 11.7 Å².